The molecule has 124 valence electrons. The summed E-state index contributed by atoms with van der Waals surface area (Å²) in [6.07, 6.45) is 5.90. The van der Waals surface area contributed by atoms with E-state index in [9.17, 15) is 9.59 Å². The fraction of sp³-hybridized carbons (Fsp3) is 0.867. The third-order valence-corrected chi connectivity index (χ3v) is 3.21. The number of carboxylic acid groups (broad SMARTS) is 1. The Hall–Kier alpha value is -1.30. The standard InChI is InChI=1S/C15H30N2O4/c1-12(2)8-6-4-5-7-10-16-15(20)17-13(14(18)19)9-11-21-3/h12-13H,4-11H2,1-3H3,(H,18,19)(H2,16,17,20). The molecule has 6 heteroatoms. The maximum Gasteiger partial charge on any atom is 0.326 e. The van der Waals surface area contributed by atoms with Crippen molar-refractivity contribution in [1.82, 2.24) is 10.6 Å². The van der Waals surface area contributed by atoms with E-state index in [0.29, 0.717) is 13.2 Å². The van der Waals surface area contributed by atoms with Gasteiger partial charge in [0.2, 0.25) is 0 Å². The summed E-state index contributed by atoms with van der Waals surface area (Å²) in [5.41, 5.74) is 0. The van der Waals surface area contributed by atoms with Crippen molar-refractivity contribution >= 4 is 12.0 Å². The van der Waals surface area contributed by atoms with E-state index in [4.69, 9.17) is 9.84 Å². The number of carboxylic acids is 1. The zero-order chi connectivity index (χ0) is 16.1. The van der Waals surface area contributed by atoms with Crippen LogP contribution >= 0.6 is 0 Å². The third-order valence-electron chi connectivity index (χ3n) is 3.21. The molecule has 0 aliphatic rings. The molecule has 2 amide bonds. The number of carbonyl (C=O) groups is 2. The minimum atomic E-state index is -1.05. The van der Waals surface area contributed by atoms with Crippen LogP contribution in [-0.2, 0) is 9.53 Å². The molecule has 0 aromatic rings. The molecule has 21 heavy (non-hydrogen) atoms. The summed E-state index contributed by atoms with van der Waals surface area (Å²) in [5.74, 6) is -0.301. The Bertz CT molecular complexity index is 295. The minimum absolute atomic E-state index is 0.258. The Morgan fingerprint density at radius 2 is 1.76 bits per heavy atom. The van der Waals surface area contributed by atoms with Crippen LogP contribution in [0.2, 0.25) is 0 Å². The number of hydrogen-bond acceptors (Lipinski definition) is 3. The summed E-state index contributed by atoms with van der Waals surface area (Å²) >= 11 is 0. The van der Waals surface area contributed by atoms with Crippen LogP contribution in [0.1, 0.15) is 52.4 Å². The van der Waals surface area contributed by atoms with Crippen LogP contribution < -0.4 is 10.6 Å². The Balaban J connectivity index is 3.66. The van der Waals surface area contributed by atoms with Crippen LogP contribution in [-0.4, -0.2) is 43.4 Å². The number of unbranched alkanes of at least 4 members (excludes halogenated alkanes) is 3. The van der Waals surface area contributed by atoms with Gasteiger partial charge in [0.1, 0.15) is 6.04 Å². The molecule has 0 saturated carbocycles. The molecule has 6 nitrogen and oxygen atoms in total. The Morgan fingerprint density at radius 3 is 2.33 bits per heavy atom. The zero-order valence-corrected chi connectivity index (χ0v) is 13.5. The van der Waals surface area contributed by atoms with Gasteiger partial charge in [-0.2, -0.15) is 0 Å². The van der Waals surface area contributed by atoms with Gasteiger partial charge in [-0.3, -0.25) is 0 Å². The van der Waals surface area contributed by atoms with Crippen LogP contribution in [0.3, 0.4) is 0 Å². The molecule has 1 unspecified atom stereocenters. The van der Waals surface area contributed by atoms with Gasteiger partial charge in [0.05, 0.1) is 0 Å². The molecule has 0 saturated heterocycles. The molecule has 0 radical (unpaired) electrons. The van der Waals surface area contributed by atoms with Gasteiger partial charge in [0.25, 0.3) is 0 Å². The average molecular weight is 302 g/mol. The molecule has 0 rings (SSSR count). The van der Waals surface area contributed by atoms with E-state index in [0.717, 1.165) is 18.8 Å². The first-order valence-electron chi connectivity index (χ1n) is 7.73. The van der Waals surface area contributed by atoms with Gasteiger partial charge < -0.3 is 20.5 Å². The normalized spacial score (nSPS) is 12.2. The van der Waals surface area contributed by atoms with E-state index in [1.807, 2.05) is 0 Å². The highest BCUT2D eigenvalue weighted by Gasteiger charge is 2.18. The second-order valence-corrected chi connectivity index (χ2v) is 5.67. The first-order chi connectivity index (χ1) is 9.97. The molecular formula is C15H30N2O4. The van der Waals surface area contributed by atoms with Gasteiger partial charge in [-0.1, -0.05) is 39.5 Å². The summed E-state index contributed by atoms with van der Waals surface area (Å²) < 4.78 is 4.82. The fourth-order valence-electron chi connectivity index (χ4n) is 1.94. The first-order valence-corrected chi connectivity index (χ1v) is 7.73. The molecule has 0 spiro atoms. The van der Waals surface area contributed by atoms with Crippen molar-refractivity contribution in [2.45, 2.75) is 58.4 Å². The van der Waals surface area contributed by atoms with E-state index >= 15 is 0 Å². The maximum absolute atomic E-state index is 11.6. The smallest absolute Gasteiger partial charge is 0.326 e. The van der Waals surface area contributed by atoms with E-state index in [-0.39, 0.29) is 6.42 Å². The van der Waals surface area contributed by atoms with Crippen molar-refractivity contribution in [3.63, 3.8) is 0 Å². The SMILES string of the molecule is COCCC(NC(=O)NCCCCCCC(C)C)C(=O)O. The van der Waals surface area contributed by atoms with Crippen LogP contribution in [0.5, 0.6) is 0 Å². The lowest BCUT2D eigenvalue weighted by Gasteiger charge is -2.14. The number of rotatable bonds is 12. The van der Waals surface area contributed by atoms with Gasteiger partial charge >= 0.3 is 12.0 Å². The lowest BCUT2D eigenvalue weighted by Crippen LogP contribution is -2.46. The van der Waals surface area contributed by atoms with Crippen LogP contribution in [0.25, 0.3) is 0 Å². The highest BCUT2D eigenvalue weighted by molar-refractivity contribution is 5.82. The van der Waals surface area contributed by atoms with E-state index < -0.39 is 18.0 Å². The van der Waals surface area contributed by atoms with Gasteiger partial charge in [-0.05, 0) is 12.3 Å². The van der Waals surface area contributed by atoms with E-state index in [1.54, 1.807) is 0 Å². The maximum atomic E-state index is 11.6. The van der Waals surface area contributed by atoms with Crippen molar-refractivity contribution in [3.05, 3.63) is 0 Å². The van der Waals surface area contributed by atoms with E-state index in [2.05, 4.69) is 24.5 Å². The summed E-state index contributed by atoms with van der Waals surface area (Å²) in [7, 11) is 1.50. The van der Waals surface area contributed by atoms with Gasteiger partial charge in [-0.15, -0.1) is 0 Å². The van der Waals surface area contributed by atoms with Crippen LogP contribution in [0, 0.1) is 5.92 Å². The second kappa shape index (κ2) is 12.4. The molecule has 0 aromatic carbocycles. The molecule has 0 heterocycles. The number of nitrogens with one attached hydrogen (secondary N) is 2. The highest BCUT2D eigenvalue weighted by Crippen LogP contribution is 2.08. The summed E-state index contributed by atoms with van der Waals surface area (Å²) in [4.78, 5) is 22.5. The number of aliphatic carboxylic acids is 1. The number of carbonyl (C=O) groups excluding carboxylic acids is 1. The lowest BCUT2D eigenvalue weighted by atomic mass is 10.0. The first kappa shape index (κ1) is 19.7. The van der Waals surface area contributed by atoms with Crippen LogP contribution in [0.4, 0.5) is 4.79 Å². The van der Waals surface area contributed by atoms with Crippen molar-refractivity contribution in [1.29, 1.82) is 0 Å². The van der Waals surface area contributed by atoms with Crippen molar-refractivity contribution in [2.24, 2.45) is 5.92 Å². The lowest BCUT2D eigenvalue weighted by molar-refractivity contribution is -0.139. The Labute approximate surface area is 127 Å². The van der Waals surface area contributed by atoms with Gasteiger partial charge in [0.15, 0.2) is 0 Å². The molecular weight excluding hydrogens is 272 g/mol. The monoisotopic (exact) mass is 302 g/mol. The molecule has 0 fully saturated rings. The van der Waals surface area contributed by atoms with Crippen LogP contribution in [0.15, 0.2) is 0 Å². The molecule has 1 atom stereocenters. The zero-order valence-electron chi connectivity index (χ0n) is 13.5. The average Bonchev–Trinajstić information content (AvgIpc) is 2.41. The van der Waals surface area contributed by atoms with Crippen molar-refractivity contribution < 1.29 is 19.4 Å². The quantitative estimate of drug-likeness (QED) is 0.483. The van der Waals surface area contributed by atoms with Crippen molar-refractivity contribution in [3.8, 4) is 0 Å². The molecule has 0 aromatic heterocycles. The minimum Gasteiger partial charge on any atom is -0.480 e. The number of methoxy groups -OCH3 is 1. The second-order valence-electron chi connectivity index (χ2n) is 5.67. The van der Waals surface area contributed by atoms with Gasteiger partial charge in [-0.25, -0.2) is 9.59 Å². The number of hydrogen-bond donors (Lipinski definition) is 3. The largest absolute Gasteiger partial charge is 0.480 e. The predicted octanol–water partition coefficient (Wildman–Crippen LogP) is 2.38. The molecule has 0 aliphatic carbocycles. The summed E-state index contributed by atoms with van der Waals surface area (Å²) in [6.45, 7) is 5.31. The fourth-order valence-corrected chi connectivity index (χ4v) is 1.94. The molecule has 3 N–H and O–H groups in total. The van der Waals surface area contributed by atoms with E-state index in [1.165, 1.54) is 26.4 Å². The molecule has 0 bridgehead atoms. The summed E-state index contributed by atoms with van der Waals surface area (Å²) in [6, 6.07) is -1.34. The summed E-state index contributed by atoms with van der Waals surface area (Å²) in [5, 5.41) is 14.1. The third kappa shape index (κ3) is 12.2. The number of amides is 2. The number of ether oxygens (including phenoxy) is 1. The van der Waals surface area contributed by atoms with Crippen molar-refractivity contribution in [2.75, 3.05) is 20.3 Å². The number of urea groups is 1. The Morgan fingerprint density at radius 1 is 1.10 bits per heavy atom. The molecule has 0 aliphatic heterocycles. The van der Waals surface area contributed by atoms with Gasteiger partial charge in [0, 0.05) is 26.7 Å². The predicted molar refractivity (Wildman–Crippen MR) is 82.4 cm³/mol. The topological polar surface area (TPSA) is 87.7 Å². The highest BCUT2D eigenvalue weighted by atomic mass is 16.5. The Kier molecular flexibility index (Phi) is 11.7.